The topological polar surface area (TPSA) is 45.7 Å². The van der Waals surface area contributed by atoms with E-state index >= 15 is 0 Å². The van der Waals surface area contributed by atoms with E-state index in [0.29, 0.717) is 6.54 Å². The van der Waals surface area contributed by atoms with Gasteiger partial charge in [0, 0.05) is 25.6 Å². The maximum absolute atomic E-state index is 5.19. The van der Waals surface area contributed by atoms with Gasteiger partial charge in [-0.3, -0.25) is 4.99 Å². The van der Waals surface area contributed by atoms with Crippen molar-refractivity contribution in [2.45, 2.75) is 19.3 Å². The molecule has 0 fully saturated rings. The maximum Gasteiger partial charge on any atom is 0.191 e. The Labute approximate surface area is 145 Å². The monoisotopic (exact) mass is 403 g/mol. The first-order valence-electron chi connectivity index (χ1n) is 6.73. The molecule has 0 aliphatic heterocycles. The van der Waals surface area contributed by atoms with Crippen LogP contribution in [0.2, 0.25) is 0 Å². The normalized spacial score (nSPS) is 11.3. The van der Waals surface area contributed by atoms with Crippen LogP contribution >= 0.6 is 24.0 Å². The van der Waals surface area contributed by atoms with Crippen LogP contribution in [-0.2, 0) is 5.41 Å². The zero-order valence-electron chi connectivity index (χ0n) is 13.3. The molecule has 0 bridgehead atoms. The largest absolute Gasteiger partial charge is 0.497 e. The zero-order valence-corrected chi connectivity index (χ0v) is 15.6. The minimum Gasteiger partial charge on any atom is -0.497 e. The third-order valence-corrected chi connectivity index (χ3v) is 3.21. The molecule has 0 aliphatic rings. The Morgan fingerprint density at radius 2 is 1.90 bits per heavy atom. The molecule has 4 nitrogen and oxygen atoms in total. The van der Waals surface area contributed by atoms with Crippen molar-refractivity contribution in [1.29, 1.82) is 0 Å². The quantitative estimate of drug-likeness (QED) is 0.332. The summed E-state index contributed by atoms with van der Waals surface area (Å²) < 4.78 is 5.19. The molecule has 0 aromatic heterocycles. The number of benzene rings is 1. The molecule has 21 heavy (non-hydrogen) atoms. The maximum atomic E-state index is 5.19. The fourth-order valence-corrected chi connectivity index (χ4v) is 1.84. The van der Waals surface area contributed by atoms with Gasteiger partial charge in [0.25, 0.3) is 0 Å². The van der Waals surface area contributed by atoms with Crippen molar-refractivity contribution < 1.29 is 4.74 Å². The molecule has 1 rings (SSSR count). The van der Waals surface area contributed by atoms with Gasteiger partial charge in [-0.1, -0.05) is 32.1 Å². The van der Waals surface area contributed by atoms with E-state index in [2.05, 4.69) is 48.2 Å². The second-order valence-electron chi connectivity index (χ2n) is 5.21. The lowest BCUT2D eigenvalue weighted by Gasteiger charge is -2.27. The molecule has 118 valence electrons. The number of ether oxygens (including phenoxy) is 1. The van der Waals surface area contributed by atoms with Crippen LogP contribution in [0.4, 0.5) is 0 Å². The molecule has 0 aliphatic carbocycles. The van der Waals surface area contributed by atoms with E-state index in [9.17, 15) is 0 Å². The highest BCUT2D eigenvalue weighted by Gasteiger charge is 2.20. The predicted octanol–water partition coefficient (Wildman–Crippen LogP) is 2.94. The Morgan fingerprint density at radius 1 is 1.29 bits per heavy atom. The summed E-state index contributed by atoms with van der Waals surface area (Å²) in [5.41, 5.74) is 1.25. The molecule has 0 saturated heterocycles. The van der Waals surface area contributed by atoms with E-state index in [1.807, 2.05) is 18.2 Å². The van der Waals surface area contributed by atoms with Gasteiger partial charge in [0.15, 0.2) is 5.96 Å². The molecule has 0 heterocycles. The van der Waals surface area contributed by atoms with E-state index in [4.69, 9.17) is 4.74 Å². The van der Waals surface area contributed by atoms with Gasteiger partial charge in [-0.05, 0) is 17.7 Å². The van der Waals surface area contributed by atoms with Crippen molar-refractivity contribution in [3.63, 3.8) is 0 Å². The Morgan fingerprint density at radius 3 is 2.38 bits per heavy atom. The summed E-state index contributed by atoms with van der Waals surface area (Å²) in [7, 11) is 3.44. The van der Waals surface area contributed by atoms with Crippen molar-refractivity contribution in [1.82, 2.24) is 10.6 Å². The summed E-state index contributed by atoms with van der Waals surface area (Å²) in [5, 5.41) is 6.49. The SMILES string of the molecule is C=CCNC(=NC)NCC(C)(C)c1ccc(OC)cc1.I. The fourth-order valence-electron chi connectivity index (χ4n) is 1.84. The highest BCUT2D eigenvalue weighted by molar-refractivity contribution is 14.0. The minimum absolute atomic E-state index is 0. The van der Waals surface area contributed by atoms with Gasteiger partial charge in [-0.15, -0.1) is 30.6 Å². The molecule has 1 aromatic carbocycles. The van der Waals surface area contributed by atoms with Crippen LogP contribution in [0.3, 0.4) is 0 Å². The summed E-state index contributed by atoms with van der Waals surface area (Å²) in [6, 6.07) is 8.17. The minimum atomic E-state index is -0.00191. The molecule has 0 spiro atoms. The molecule has 0 saturated carbocycles. The van der Waals surface area contributed by atoms with Crippen molar-refractivity contribution >= 4 is 29.9 Å². The van der Waals surface area contributed by atoms with E-state index in [1.54, 1.807) is 14.2 Å². The van der Waals surface area contributed by atoms with Gasteiger partial charge in [-0.2, -0.15) is 0 Å². The number of methoxy groups -OCH3 is 1. The molecule has 5 heteroatoms. The highest BCUT2D eigenvalue weighted by atomic mass is 127. The summed E-state index contributed by atoms with van der Waals surface area (Å²) in [6.45, 7) is 9.56. The van der Waals surface area contributed by atoms with E-state index in [1.165, 1.54) is 5.56 Å². The van der Waals surface area contributed by atoms with Crippen molar-refractivity contribution in [2.75, 3.05) is 27.2 Å². The predicted molar refractivity (Wildman–Crippen MR) is 101 cm³/mol. The van der Waals surface area contributed by atoms with E-state index in [0.717, 1.165) is 18.3 Å². The first kappa shape index (κ1) is 19.8. The van der Waals surface area contributed by atoms with Gasteiger partial charge in [0.05, 0.1) is 7.11 Å². The lowest BCUT2D eigenvalue weighted by molar-refractivity contribution is 0.414. The van der Waals surface area contributed by atoms with E-state index < -0.39 is 0 Å². The number of rotatable bonds is 6. The number of hydrogen-bond donors (Lipinski definition) is 2. The number of nitrogens with zero attached hydrogens (tertiary/aromatic N) is 1. The molecule has 0 unspecified atom stereocenters. The zero-order chi connectivity index (χ0) is 15.0. The second kappa shape index (κ2) is 9.65. The highest BCUT2D eigenvalue weighted by Crippen LogP contribution is 2.24. The summed E-state index contributed by atoms with van der Waals surface area (Å²) in [6.07, 6.45) is 1.81. The van der Waals surface area contributed by atoms with Crippen LogP contribution in [0.5, 0.6) is 5.75 Å². The lowest BCUT2D eigenvalue weighted by Crippen LogP contribution is -2.43. The number of nitrogens with one attached hydrogen (secondary N) is 2. The van der Waals surface area contributed by atoms with Crippen molar-refractivity contribution in [3.05, 3.63) is 42.5 Å². The average Bonchev–Trinajstić information content (AvgIpc) is 2.47. The van der Waals surface area contributed by atoms with Crippen LogP contribution in [0.1, 0.15) is 19.4 Å². The standard InChI is InChI=1S/C16H25N3O.HI/c1-6-11-18-15(17-4)19-12-16(2,3)13-7-9-14(20-5)10-8-13;/h6-10H,1,11-12H2,2-5H3,(H2,17,18,19);1H. The van der Waals surface area contributed by atoms with Crippen LogP contribution in [0.25, 0.3) is 0 Å². The number of hydrogen-bond acceptors (Lipinski definition) is 2. The van der Waals surface area contributed by atoms with E-state index in [-0.39, 0.29) is 29.4 Å². The fraction of sp³-hybridized carbons (Fsp3) is 0.438. The van der Waals surface area contributed by atoms with Crippen LogP contribution in [-0.4, -0.2) is 33.2 Å². The number of aliphatic imine (C=N–C) groups is 1. The van der Waals surface area contributed by atoms with Crippen LogP contribution < -0.4 is 15.4 Å². The van der Waals surface area contributed by atoms with Gasteiger partial charge >= 0.3 is 0 Å². The molecular formula is C16H26IN3O. The van der Waals surface area contributed by atoms with Gasteiger partial charge < -0.3 is 15.4 Å². The lowest BCUT2D eigenvalue weighted by atomic mass is 9.84. The summed E-state index contributed by atoms with van der Waals surface area (Å²) >= 11 is 0. The van der Waals surface area contributed by atoms with Crippen molar-refractivity contribution in [3.8, 4) is 5.75 Å². The first-order valence-corrected chi connectivity index (χ1v) is 6.73. The number of guanidine groups is 1. The Hall–Kier alpha value is -1.24. The average molecular weight is 403 g/mol. The molecule has 2 N–H and O–H groups in total. The summed E-state index contributed by atoms with van der Waals surface area (Å²) in [4.78, 5) is 4.18. The third kappa shape index (κ3) is 6.37. The second-order valence-corrected chi connectivity index (χ2v) is 5.21. The van der Waals surface area contributed by atoms with Crippen LogP contribution in [0.15, 0.2) is 41.9 Å². The van der Waals surface area contributed by atoms with Gasteiger partial charge in [0.1, 0.15) is 5.75 Å². The molecular weight excluding hydrogens is 377 g/mol. The van der Waals surface area contributed by atoms with Crippen molar-refractivity contribution in [2.24, 2.45) is 4.99 Å². The third-order valence-electron chi connectivity index (χ3n) is 3.21. The number of halogens is 1. The van der Waals surface area contributed by atoms with Crippen LogP contribution in [0, 0.1) is 0 Å². The molecule has 0 atom stereocenters. The molecule has 0 amide bonds. The smallest absolute Gasteiger partial charge is 0.191 e. The Kier molecular flexibility index (Phi) is 9.08. The van der Waals surface area contributed by atoms with Gasteiger partial charge in [0.2, 0.25) is 0 Å². The Balaban J connectivity index is 0.00000400. The first-order chi connectivity index (χ1) is 9.53. The molecule has 1 aromatic rings. The Bertz CT molecular complexity index is 455. The summed E-state index contributed by atoms with van der Waals surface area (Å²) in [5.74, 6) is 1.66. The van der Waals surface area contributed by atoms with Gasteiger partial charge in [-0.25, -0.2) is 0 Å². The molecule has 0 radical (unpaired) electrons.